The van der Waals surface area contributed by atoms with Gasteiger partial charge in [-0.1, -0.05) is 62.2 Å². The molecule has 218 valence electrons. The highest BCUT2D eigenvalue weighted by molar-refractivity contribution is 7.89. The van der Waals surface area contributed by atoms with Crippen molar-refractivity contribution in [3.05, 3.63) is 64.3 Å². The minimum Gasteiger partial charge on any atom is -0.451 e. The Morgan fingerprint density at radius 1 is 1.02 bits per heavy atom. The molecule has 41 heavy (non-hydrogen) atoms. The third-order valence-corrected chi connectivity index (χ3v) is 9.60. The van der Waals surface area contributed by atoms with E-state index >= 15 is 0 Å². The molecule has 2 N–H and O–H groups in total. The van der Waals surface area contributed by atoms with Crippen LogP contribution in [0.3, 0.4) is 0 Å². The number of furan rings is 1. The van der Waals surface area contributed by atoms with Crippen LogP contribution in [-0.2, 0) is 19.6 Å². The molecular formula is C28H30Cl2N4O6S. The van der Waals surface area contributed by atoms with Crippen molar-refractivity contribution in [2.24, 2.45) is 5.41 Å². The van der Waals surface area contributed by atoms with Gasteiger partial charge >= 0.3 is 0 Å². The van der Waals surface area contributed by atoms with Crippen molar-refractivity contribution < 1.29 is 27.2 Å². The molecule has 2 aliphatic rings. The first-order valence-corrected chi connectivity index (χ1v) is 15.3. The summed E-state index contributed by atoms with van der Waals surface area (Å²) in [6, 6.07) is 11.6. The molecule has 0 saturated carbocycles. The van der Waals surface area contributed by atoms with Crippen LogP contribution in [-0.4, -0.2) is 73.7 Å². The fraction of sp³-hybridized carbons (Fsp3) is 0.393. The normalized spacial score (nSPS) is 19.5. The van der Waals surface area contributed by atoms with Gasteiger partial charge in [-0.25, -0.2) is 13.1 Å². The van der Waals surface area contributed by atoms with Gasteiger partial charge in [0.1, 0.15) is 16.5 Å². The van der Waals surface area contributed by atoms with E-state index in [1.807, 2.05) is 39.0 Å². The lowest BCUT2D eigenvalue weighted by Gasteiger charge is -2.39. The first-order chi connectivity index (χ1) is 19.2. The summed E-state index contributed by atoms with van der Waals surface area (Å²) in [7, 11) is -4.07. The van der Waals surface area contributed by atoms with Crippen LogP contribution >= 0.6 is 23.2 Å². The van der Waals surface area contributed by atoms with Gasteiger partial charge in [-0.05, 0) is 42.2 Å². The summed E-state index contributed by atoms with van der Waals surface area (Å²) in [6.45, 7) is 5.71. The van der Waals surface area contributed by atoms with Gasteiger partial charge in [0.25, 0.3) is 5.91 Å². The van der Waals surface area contributed by atoms with Gasteiger partial charge < -0.3 is 19.5 Å². The van der Waals surface area contributed by atoms with Crippen LogP contribution in [0.15, 0.2) is 57.8 Å². The predicted octanol–water partition coefficient (Wildman–Crippen LogP) is 3.67. The predicted molar refractivity (Wildman–Crippen MR) is 154 cm³/mol. The first-order valence-electron chi connectivity index (χ1n) is 13.1. The van der Waals surface area contributed by atoms with E-state index in [-0.39, 0.29) is 51.8 Å². The fourth-order valence-electron chi connectivity index (χ4n) is 5.37. The Labute approximate surface area is 248 Å². The van der Waals surface area contributed by atoms with Crippen LogP contribution < -0.4 is 10.0 Å². The summed E-state index contributed by atoms with van der Waals surface area (Å²) >= 11 is 11.9. The number of hydrogen-bond donors (Lipinski definition) is 2. The quantitative estimate of drug-likeness (QED) is 0.415. The van der Waals surface area contributed by atoms with Crippen molar-refractivity contribution in [2.45, 2.75) is 50.2 Å². The highest BCUT2D eigenvalue weighted by atomic mass is 35.5. The molecule has 5 rings (SSSR count). The number of halogens is 2. The number of nitrogens with zero attached hydrogens (tertiary/aromatic N) is 2. The van der Waals surface area contributed by atoms with Crippen molar-refractivity contribution >= 4 is 61.9 Å². The number of hydrogen-bond acceptors (Lipinski definition) is 6. The monoisotopic (exact) mass is 620 g/mol. The number of fused-ring (bicyclic) bond motifs is 3. The molecule has 3 atom stereocenters. The molecule has 2 aliphatic heterocycles. The Bertz CT molecular complexity index is 1600. The van der Waals surface area contributed by atoms with Gasteiger partial charge in [-0.3, -0.25) is 14.4 Å². The standard InChI is InChI=1S/C28H30Cl2N4O6S/c1-28(2,3)25(32-26(36)22-10-16-6-4-5-7-21(16)40-22)27(37)34-15-18-12-19(34)14-33(18)24(35)13-31-41(38,39)23-11-17(29)8-9-20(23)30/h4-11,18-19,25,31H,12-15H2,1-3H3,(H,32,36)/t18-,19-,25+/m0/s1. The summed E-state index contributed by atoms with van der Waals surface area (Å²) in [6.07, 6.45) is 0.568. The highest BCUT2D eigenvalue weighted by Crippen LogP contribution is 2.34. The van der Waals surface area contributed by atoms with E-state index in [1.54, 1.807) is 21.9 Å². The largest absolute Gasteiger partial charge is 0.451 e. The zero-order chi connectivity index (χ0) is 29.7. The lowest BCUT2D eigenvalue weighted by molar-refractivity contribution is -0.142. The van der Waals surface area contributed by atoms with Gasteiger partial charge in [0, 0.05) is 23.5 Å². The number of carbonyl (C=O) groups excluding carboxylic acids is 3. The second-order valence-corrected chi connectivity index (χ2v) is 14.0. The number of likely N-dealkylation sites (tertiary alicyclic amines) is 2. The highest BCUT2D eigenvalue weighted by Gasteiger charge is 2.49. The summed E-state index contributed by atoms with van der Waals surface area (Å²) in [5.74, 6) is -1.01. The molecule has 2 bridgehead atoms. The molecule has 3 heterocycles. The topological polar surface area (TPSA) is 129 Å². The molecule has 0 spiro atoms. The molecule has 13 heteroatoms. The minimum absolute atomic E-state index is 0.00968. The molecule has 0 aliphatic carbocycles. The third-order valence-electron chi connectivity index (χ3n) is 7.48. The van der Waals surface area contributed by atoms with Gasteiger partial charge in [0.2, 0.25) is 21.8 Å². The number of sulfonamides is 1. The van der Waals surface area contributed by atoms with E-state index in [0.717, 1.165) is 5.39 Å². The Hall–Kier alpha value is -3.12. The van der Waals surface area contributed by atoms with Crippen LogP contribution in [0.4, 0.5) is 0 Å². The molecule has 2 fully saturated rings. The number of rotatable bonds is 7. The Morgan fingerprint density at radius 2 is 1.71 bits per heavy atom. The molecule has 10 nitrogen and oxygen atoms in total. The molecule has 1 aromatic heterocycles. The van der Waals surface area contributed by atoms with Crippen molar-refractivity contribution in [2.75, 3.05) is 19.6 Å². The molecule has 2 saturated heterocycles. The van der Waals surface area contributed by atoms with Crippen molar-refractivity contribution in [1.82, 2.24) is 19.8 Å². The Balaban J connectivity index is 1.22. The second kappa shape index (κ2) is 10.9. The average molecular weight is 622 g/mol. The average Bonchev–Trinajstić information content (AvgIpc) is 3.65. The van der Waals surface area contributed by atoms with Crippen LogP contribution in [0.1, 0.15) is 37.7 Å². The zero-order valence-corrected chi connectivity index (χ0v) is 25.0. The van der Waals surface area contributed by atoms with Crippen molar-refractivity contribution in [3.8, 4) is 0 Å². The van der Waals surface area contributed by atoms with Crippen LogP contribution in [0.25, 0.3) is 11.0 Å². The summed E-state index contributed by atoms with van der Waals surface area (Å²) in [5, 5.41) is 3.84. The first kappa shape index (κ1) is 29.4. The Kier molecular flexibility index (Phi) is 7.84. The maximum absolute atomic E-state index is 13.7. The van der Waals surface area contributed by atoms with Gasteiger partial charge in [0.15, 0.2) is 5.76 Å². The number of benzene rings is 2. The number of amides is 3. The lowest BCUT2D eigenvalue weighted by atomic mass is 9.85. The summed E-state index contributed by atoms with van der Waals surface area (Å²) in [5.41, 5.74) is -0.0217. The number of carbonyl (C=O) groups is 3. The van der Waals surface area contributed by atoms with Crippen LogP contribution in [0.2, 0.25) is 10.0 Å². The lowest BCUT2D eigenvalue weighted by Crippen LogP contribution is -2.59. The van der Waals surface area contributed by atoms with Crippen molar-refractivity contribution in [3.63, 3.8) is 0 Å². The number of piperazine rings is 1. The zero-order valence-electron chi connectivity index (χ0n) is 22.7. The maximum Gasteiger partial charge on any atom is 0.287 e. The number of para-hydroxylation sites is 1. The van der Waals surface area contributed by atoms with E-state index in [2.05, 4.69) is 10.0 Å². The maximum atomic E-state index is 13.7. The van der Waals surface area contributed by atoms with Crippen LogP contribution in [0.5, 0.6) is 0 Å². The SMILES string of the molecule is CC(C)(C)[C@H](NC(=O)c1cc2ccccc2o1)C(=O)N1C[C@@H]2C[C@H]1CN2C(=O)CNS(=O)(=O)c1cc(Cl)ccc1Cl. The molecule has 3 aromatic rings. The van der Waals surface area contributed by atoms with Gasteiger partial charge in [0.05, 0.1) is 23.7 Å². The molecule has 0 radical (unpaired) electrons. The minimum atomic E-state index is -4.07. The molecule has 0 unspecified atom stereocenters. The van der Waals surface area contributed by atoms with Crippen LogP contribution in [0, 0.1) is 5.41 Å². The molecule has 3 amide bonds. The van der Waals surface area contributed by atoms with E-state index < -0.39 is 39.8 Å². The summed E-state index contributed by atoms with van der Waals surface area (Å²) in [4.78, 5) is 42.9. The van der Waals surface area contributed by atoms with Crippen molar-refractivity contribution in [1.29, 1.82) is 0 Å². The second-order valence-electron chi connectivity index (χ2n) is 11.4. The fourth-order valence-corrected chi connectivity index (χ4v) is 7.11. The molecule has 2 aromatic carbocycles. The molecular weight excluding hydrogens is 591 g/mol. The number of nitrogens with one attached hydrogen (secondary N) is 2. The smallest absolute Gasteiger partial charge is 0.287 e. The van der Waals surface area contributed by atoms with E-state index in [9.17, 15) is 22.8 Å². The van der Waals surface area contributed by atoms with E-state index in [0.29, 0.717) is 12.0 Å². The van der Waals surface area contributed by atoms with Gasteiger partial charge in [-0.2, -0.15) is 0 Å². The third kappa shape index (κ3) is 5.94. The summed E-state index contributed by atoms with van der Waals surface area (Å²) < 4.78 is 33.4. The Morgan fingerprint density at radius 3 is 2.37 bits per heavy atom. The van der Waals surface area contributed by atoms with E-state index in [1.165, 1.54) is 18.2 Å². The van der Waals surface area contributed by atoms with E-state index in [4.69, 9.17) is 27.6 Å². The van der Waals surface area contributed by atoms with Gasteiger partial charge in [-0.15, -0.1) is 0 Å².